The quantitative estimate of drug-likeness (QED) is 0.510. The van der Waals surface area contributed by atoms with Gasteiger partial charge in [0.25, 0.3) is 5.56 Å². The van der Waals surface area contributed by atoms with E-state index in [9.17, 15) is 4.79 Å². The Kier molecular flexibility index (Phi) is 5.55. The van der Waals surface area contributed by atoms with Crippen LogP contribution in [0.1, 0.15) is 22.7 Å². The minimum absolute atomic E-state index is 0.118. The summed E-state index contributed by atoms with van der Waals surface area (Å²) < 4.78 is 16.4. The van der Waals surface area contributed by atoms with Crippen molar-refractivity contribution in [2.24, 2.45) is 0 Å². The Hall–Kier alpha value is -2.74. The normalized spacial score (nSPS) is 10.9. The van der Waals surface area contributed by atoms with Crippen LogP contribution in [-0.4, -0.2) is 29.2 Å². The second kappa shape index (κ2) is 7.87. The topological polar surface area (TPSA) is 90.2 Å². The zero-order chi connectivity index (χ0) is 19.6. The molecular weight excluding hydrogens is 366 g/mol. The molecule has 0 saturated carbocycles. The second-order valence-corrected chi connectivity index (χ2v) is 6.93. The number of oxazole rings is 1. The van der Waals surface area contributed by atoms with E-state index in [1.54, 1.807) is 21.1 Å². The fraction of sp³-hybridized carbons (Fsp3) is 0.316. The van der Waals surface area contributed by atoms with Crippen LogP contribution >= 0.6 is 11.8 Å². The molecule has 7 nitrogen and oxygen atoms in total. The summed E-state index contributed by atoms with van der Waals surface area (Å²) in [5, 5.41) is 0.568. The molecule has 2 aromatic heterocycles. The van der Waals surface area contributed by atoms with Crippen molar-refractivity contribution in [3.05, 3.63) is 51.3 Å². The molecule has 1 N–H and O–H groups in total. The van der Waals surface area contributed by atoms with E-state index in [0.29, 0.717) is 33.9 Å². The van der Waals surface area contributed by atoms with Gasteiger partial charge in [-0.1, -0.05) is 11.8 Å². The molecule has 0 amide bonds. The zero-order valence-corrected chi connectivity index (χ0v) is 16.7. The molecular formula is C19H21N3O4S. The van der Waals surface area contributed by atoms with Crippen molar-refractivity contribution < 1.29 is 13.9 Å². The van der Waals surface area contributed by atoms with Crippen LogP contribution in [0, 0.1) is 20.8 Å². The molecule has 27 heavy (non-hydrogen) atoms. The van der Waals surface area contributed by atoms with Gasteiger partial charge in [0, 0.05) is 22.6 Å². The van der Waals surface area contributed by atoms with Crippen LogP contribution < -0.4 is 15.0 Å². The van der Waals surface area contributed by atoms with Gasteiger partial charge in [0.1, 0.15) is 5.76 Å². The van der Waals surface area contributed by atoms with Crippen molar-refractivity contribution in [3.8, 4) is 23.0 Å². The van der Waals surface area contributed by atoms with Crippen LogP contribution in [0.4, 0.5) is 0 Å². The lowest BCUT2D eigenvalue weighted by Gasteiger charge is -2.07. The Morgan fingerprint density at radius 1 is 1.11 bits per heavy atom. The Morgan fingerprint density at radius 3 is 2.52 bits per heavy atom. The van der Waals surface area contributed by atoms with Crippen molar-refractivity contribution in [1.82, 2.24) is 15.0 Å². The maximum atomic E-state index is 11.9. The van der Waals surface area contributed by atoms with E-state index in [4.69, 9.17) is 13.9 Å². The maximum Gasteiger partial charge on any atom is 0.254 e. The Morgan fingerprint density at radius 2 is 1.85 bits per heavy atom. The van der Waals surface area contributed by atoms with Gasteiger partial charge in [-0.25, -0.2) is 9.97 Å². The molecule has 0 saturated heterocycles. The predicted octanol–water partition coefficient (Wildman–Crippen LogP) is 3.66. The van der Waals surface area contributed by atoms with Crippen LogP contribution in [0.15, 0.2) is 32.6 Å². The third-order valence-corrected chi connectivity index (χ3v) is 5.13. The van der Waals surface area contributed by atoms with E-state index >= 15 is 0 Å². The minimum atomic E-state index is -0.118. The van der Waals surface area contributed by atoms with Crippen LogP contribution in [0.2, 0.25) is 0 Å². The highest BCUT2D eigenvalue weighted by atomic mass is 32.2. The highest BCUT2D eigenvalue weighted by molar-refractivity contribution is 7.98. The standard InChI is InChI=1S/C19H21N3O4S/c1-10-11(2)20-19(22-17(10)23)27-9-14-12(3)26-18(21-14)13-6-7-15(24-4)16(8-13)25-5/h6-8H,9H2,1-5H3,(H,20,22,23). The molecule has 8 heteroatoms. The summed E-state index contributed by atoms with van der Waals surface area (Å²) in [6.45, 7) is 5.45. The van der Waals surface area contributed by atoms with Gasteiger partial charge in [-0.3, -0.25) is 4.79 Å². The summed E-state index contributed by atoms with van der Waals surface area (Å²) in [6.07, 6.45) is 0. The molecule has 3 rings (SSSR count). The number of nitrogens with zero attached hydrogens (tertiary/aromatic N) is 2. The number of hydrogen-bond acceptors (Lipinski definition) is 7. The van der Waals surface area contributed by atoms with E-state index in [2.05, 4.69) is 15.0 Å². The SMILES string of the molecule is COc1ccc(-c2nc(CSc3nc(C)c(C)c(=O)[nH]3)c(C)o2)cc1OC. The van der Waals surface area contributed by atoms with Gasteiger partial charge in [0.15, 0.2) is 16.7 Å². The van der Waals surface area contributed by atoms with E-state index < -0.39 is 0 Å². The first kappa shape index (κ1) is 19.0. The number of aromatic amines is 1. The Balaban J connectivity index is 1.82. The molecule has 0 spiro atoms. The van der Waals surface area contributed by atoms with E-state index in [-0.39, 0.29) is 5.56 Å². The van der Waals surface area contributed by atoms with Crippen LogP contribution in [-0.2, 0) is 5.75 Å². The van der Waals surface area contributed by atoms with Crippen LogP contribution in [0.3, 0.4) is 0 Å². The fourth-order valence-electron chi connectivity index (χ4n) is 2.48. The third kappa shape index (κ3) is 4.00. The summed E-state index contributed by atoms with van der Waals surface area (Å²) in [6, 6.07) is 5.50. The van der Waals surface area contributed by atoms with Crippen molar-refractivity contribution in [2.45, 2.75) is 31.7 Å². The van der Waals surface area contributed by atoms with Gasteiger partial charge < -0.3 is 18.9 Å². The smallest absolute Gasteiger partial charge is 0.254 e. The summed E-state index contributed by atoms with van der Waals surface area (Å²) in [5.74, 6) is 3.02. The summed E-state index contributed by atoms with van der Waals surface area (Å²) in [4.78, 5) is 23.6. The molecule has 3 aromatic rings. The number of ether oxygens (including phenoxy) is 2. The number of hydrogen-bond donors (Lipinski definition) is 1. The van der Waals surface area contributed by atoms with Crippen molar-refractivity contribution in [3.63, 3.8) is 0 Å². The molecule has 0 radical (unpaired) electrons. The first-order chi connectivity index (χ1) is 12.9. The lowest BCUT2D eigenvalue weighted by Crippen LogP contribution is -2.14. The Bertz CT molecular complexity index is 1030. The Labute approximate surface area is 161 Å². The molecule has 0 bridgehead atoms. The van der Waals surface area contributed by atoms with E-state index in [1.807, 2.05) is 32.0 Å². The van der Waals surface area contributed by atoms with Gasteiger partial charge in [-0.05, 0) is 39.0 Å². The number of benzene rings is 1. The maximum absolute atomic E-state index is 11.9. The molecule has 0 aliphatic carbocycles. The average molecular weight is 387 g/mol. The minimum Gasteiger partial charge on any atom is -0.493 e. The molecule has 0 aliphatic heterocycles. The van der Waals surface area contributed by atoms with Crippen LogP contribution in [0.25, 0.3) is 11.5 Å². The number of nitrogens with one attached hydrogen (secondary N) is 1. The van der Waals surface area contributed by atoms with Crippen LogP contribution in [0.5, 0.6) is 11.5 Å². The second-order valence-electron chi connectivity index (χ2n) is 5.96. The van der Waals surface area contributed by atoms with Crippen molar-refractivity contribution in [2.75, 3.05) is 14.2 Å². The van der Waals surface area contributed by atoms with Gasteiger partial charge in [-0.2, -0.15) is 0 Å². The highest BCUT2D eigenvalue weighted by Gasteiger charge is 2.15. The third-order valence-electron chi connectivity index (χ3n) is 4.24. The summed E-state index contributed by atoms with van der Waals surface area (Å²) in [5.41, 5.74) is 2.83. The molecule has 0 unspecified atom stereocenters. The largest absolute Gasteiger partial charge is 0.493 e. The number of H-pyrrole nitrogens is 1. The van der Waals surface area contributed by atoms with E-state index in [0.717, 1.165) is 22.7 Å². The molecule has 0 fully saturated rings. The van der Waals surface area contributed by atoms with Gasteiger partial charge in [-0.15, -0.1) is 0 Å². The monoisotopic (exact) mass is 387 g/mol. The lowest BCUT2D eigenvalue weighted by atomic mass is 10.2. The number of thioether (sulfide) groups is 1. The molecule has 0 atom stereocenters. The van der Waals surface area contributed by atoms with Gasteiger partial charge in [0.2, 0.25) is 5.89 Å². The molecule has 0 aliphatic rings. The fourth-order valence-corrected chi connectivity index (χ4v) is 3.39. The number of aryl methyl sites for hydroxylation is 2. The molecule has 2 heterocycles. The average Bonchev–Trinajstić information content (AvgIpc) is 3.04. The zero-order valence-electron chi connectivity index (χ0n) is 15.9. The number of rotatable bonds is 6. The van der Waals surface area contributed by atoms with Gasteiger partial charge >= 0.3 is 0 Å². The van der Waals surface area contributed by atoms with Crippen molar-refractivity contribution in [1.29, 1.82) is 0 Å². The summed E-state index contributed by atoms with van der Waals surface area (Å²) in [7, 11) is 3.18. The molecule has 142 valence electrons. The summed E-state index contributed by atoms with van der Waals surface area (Å²) >= 11 is 1.41. The number of methoxy groups -OCH3 is 2. The van der Waals surface area contributed by atoms with E-state index in [1.165, 1.54) is 11.8 Å². The van der Waals surface area contributed by atoms with Crippen molar-refractivity contribution >= 4 is 11.8 Å². The predicted molar refractivity (Wildman–Crippen MR) is 104 cm³/mol. The lowest BCUT2D eigenvalue weighted by molar-refractivity contribution is 0.355. The van der Waals surface area contributed by atoms with Gasteiger partial charge in [0.05, 0.1) is 19.9 Å². The first-order valence-corrected chi connectivity index (χ1v) is 9.30. The highest BCUT2D eigenvalue weighted by Crippen LogP contribution is 2.33. The molecule has 1 aromatic carbocycles. The number of aromatic nitrogens is 3. The first-order valence-electron chi connectivity index (χ1n) is 8.32.